The minimum Gasteiger partial charge on any atom is -0.490 e. The molecule has 110 valence electrons. The molecule has 1 heterocycles. The molecule has 0 atom stereocenters. The van der Waals surface area contributed by atoms with Gasteiger partial charge in [-0.25, -0.2) is 4.39 Å². The molecule has 0 amide bonds. The summed E-state index contributed by atoms with van der Waals surface area (Å²) in [4.78, 5) is 0. The maximum Gasteiger partial charge on any atom is 0.145 e. The molecule has 0 aromatic heterocycles. The van der Waals surface area contributed by atoms with Crippen LogP contribution in [0.25, 0.3) is 0 Å². The number of hydrogen-bond donors (Lipinski definition) is 1. The van der Waals surface area contributed by atoms with E-state index in [4.69, 9.17) is 16.3 Å². The van der Waals surface area contributed by atoms with Crippen LogP contribution in [0.3, 0.4) is 0 Å². The predicted molar refractivity (Wildman–Crippen MR) is 78.8 cm³/mol. The lowest BCUT2D eigenvalue weighted by molar-refractivity contribution is 0.0570. The maximum atomic E-state index is 13.4. The van der Waals surface area contributed by atoms with E-state index in [1.165, 1.54) is 31.7 Å². The van der Waals surface area contributed by atoms with E-state index in [1.54, 1.807) is 12.1 Å². The maximum absolute atomic E-state index is 13.4. The van der Waals surface area contributed by atoms with Gasteiger partial charge in [-0.3, -0.25) is 0 Å². The van der Waals surface area contributed by atoms with Crippen LogP contribution in [0.1, 0.15) is 38.5 Å². The summed E-state index contributed by atoms with van der Waals surface area (Å²) in [6.07, 6.45) is 7.40. The first-order valence-electron chi connectivity index (χ1n) is 7.49. The van der Waals surface area contributed by atoms with Gasteiger partial charge < -0.3 is 10.1 Å². The van der Waals surface area contributed by atoms with Crippen LogP contribution in [-0.2, 0) is 0 Å². The lowest BCUT2D eigenvalue weighted by atomic mass is 9.68. The van der Waals surface area contributed by atoms with Gasteiger partial charge in [-0.05, 0) is 69.2 Å². The summed E-state index contributed by atoms with van der Waals surface area (Å²) in [6.45, 7) is 2.29. The highest BCUT2D eigenvalue weighted by atomic mass is 35.5. The molecule has 1 aromatic carbocycles. The normalized spacial score (nSPS) is 22.9. The smallest absolute Gasteiger partial charge is 0.145 e. The van der Waals surface area contributed by atoms with Crippen molar-refractivity contribution in [2.24, 2.45) is 5.41 Å². The van der Waals surface area contributed by atoms with E-state index < -0.39 is 5.82 Å². The summed E-state index contributed by atoms with van der Waals surface area (Å²) in [6, 6.07) is 4.70. The standard InChI is InChI=1S/C16H21ClFNO/c17-14-2-1-13(11-15(14)18)20-12-3-5-16(6-4-12)7-9-19-10-8-16/h1-2,11-12,19H,3-10H2. The van der Waals surface area contributed by atoms with Crippen LogP contribution >= 0.6 is 11.6 Å². The number of benzene rings is 1. The summed E-state index contributed by atoms with van der Waals surface area (Å²) in [5.74, 6) is 0.188. The second kappa shape index (κ2) is 5.90. The Kier molecular flexibility index (Phi) is 4.18. The number of nitrogens with one attached hydrogen (secondary N) is 1. The van der Waals surface area contributed by atoms with Crippen molar-refractivity contribution in [3.63, 3.8) is 0 Å². The Hall–Kier alpha value is -0.800. The molecular weight excluding hydrogens is 277 g/mol. The van der Waals surface area contributed by atoms with E-state index in [0.29, 0.717) is 11.2 Å². The number of piperidine rings is 1. The zero-order valence-electron chi connectivity index (χ0n) is 11.6. The van der Waals surface area contributed by atoms with Crippen molar-refractivity contribution in [3.8, 4) is 5.75 Å². The van der Waals surface area contributed by atoms with Crippen LogP contribution in [0.4, 0.5) is 4.39 Å². The van der Waals surface area contributed by atoms with Crippen LogP contribution in [0.5, 0.6) is 5.75 Å². The fraction of sp³-hybridized carbons (Fsp3) is 0.625. The zero-order chi connectivity index (χ0) is 14.0. The molecule has 0 radical (unpaired) electrons. The summed E-state index contributed by atoms with van der Waals surface area (Å²) in [7, 11) is 0. The Balaban J connectivity index is 1.56. The van der Waals surface area contributed by atoms with Crippen molar-refractivity contribution in [2.45, 2.75) is 44.6 Å². The first-order valence-corrected chi connectivity index (χ1v) is 7.87. The molecule has 4 heteroatoms. The number of rotatable bonds is 2. The summed E-state index contributed by atoms with van der Waals surface area (Å²) >= 11 is 5.68. The molecule has 1 aromatic rings. The monoisotopic (exact) mass is 297 g/mol. The Bertz CT molecular complexity index is 464. The fourth-order valence-corrected chi connectivity index (χ4v) is 3.64. The van der Waals surface area contributed by atoms with Crippen LogP contribution < -0.4 is 10.1 Å². The molecule has 0 bridgehead atoms. The van der Waals surface area contributed by atoms with Gasteiger partial charge in [0.05, 0.1) is 11.1 Å². The third kappa shape index (κ3) is 3.09. The first kappa shape index (κ1) is 14.2. The highest BCUT2D eigenvalue weighted by Gasteiger charge is 2.36. The SMILES string of the molecule is Fc1cc(OC2CCC3(CCNCC3)CC2)ccc1Cl. The molecular formula is C16H21ClFNO. The van der Waals surface area contributed by atoms with E-state index in [-0.39, 0.29) is 11.1 Å². The Morgan fingerprint density at radius 1 is 1.15 bits per heavy atom. The van der Waals surface area contributed by atoms with E-state index in [9.17, 15) is 4.39 Å². The molecule has 1 saturated heterocycles. The van der Waals surface area contributed by atoms with Crippen LogP contribution in [0, 0.1) is 11.2 Å². The third-order valence-corrected chi connectivity index (χ3v) is 5.16. The molecule has 1 N–H and O–H groups in total. The molecule has 3 rings (SSSR count). The summed E-state index contributed by atoms with van der Waals surface area (Å²) in [5.41, 5.74) is 0.538. The first-order chi connectivity index (χ1) is 9.67. The van der Waals surface area contributed by atoms with Crippen LogP contribution in [0.2, 0.25) is 5.02 Å². The quantitative estimate of drug-likeness (QED) is 0.884. The minimum atomic E-state index is -0.408. The van der Waals surface area contributed by atoms with Crippen molar-refractivity contribution in [2.75, 3.05) is 13.1 Å². The second-order valence-corrected chi connectivity index (χ2v) is 6.55. The van der Waals surface area contributed by atoms with Crippen molar-refractivity contribution in [1.82, 2.24) is 5.32 Å². The average molecular weight is 298 g/mol. The van der Waals surface area contributed by atoms with Gasteiger partial charge in [0, 0.05) is 6.07 Å². The van der Waals surface area contributed by atoms with Gasteiger partial charge in [-0.1, -0.05) is 11.6 Å². The van der Waals surface area contributed by atoms with Gasteiger partial charge in [-0.2, -0.15) is 0 Å². The lowest BCUT2D eigenvalue weighted by Crippen LogP contribution is -2.40. The Labute approximate surface area is 124 Å². The molecule has 0 unspecified atom stereocenters. The van der Waals surface area contributed by atoms with E-state index >= 15 is 0 Å². The Morgan fingerprint density at radius 3 is 2.50 bits per heavy atom. The predicted octanol–water partition coefficient (Wildman–Crippen LogP) is 4.17. The van der Waals surface area contributed by atoms with Crippen molar-refractivity contribution in [3.05, 3.63) is 29.0 Å². The number of ether oxygens (including phenoxy) is 1. The molecule has 2 aliphatic rings. The van der Waals surface area contributed by atoms with E-state index in [1.807, 2.05) is 0 Å². The third-order valence-electron chi connectivity index (χ3n) is 4.85. The molecule has 1 saturated carbocycles. The van der Waals surface area contributed by atoms with Gasteiger partial charge in [0.1, 0.15) is 11.6 Å². The number of halogens is 2. The molecule has 1 spiro atoms. The molecule has 1 aliphatic heterocycles. The van der Waals surface area contributed by atoms with Crippen LogP contribution in [0.15, 0.2) is 18.2 Å². The minimum absolute atomic E-state index is 0.148. The molecule has 2 fully saturated rings. The van der Waals surface area contributed by atoms with Gasteiger partial charge in [0.2, 0.25) is 0 Å². The van der Waals surface area contributed by atoms with E-state index in [0.717, 1.165) is 25.9 Å². The fourth-order valence-electron chi connectivity index (χ4n) is 3.52. The van der Waals surface area contributed by atoms with Crippen LogP contribution in [-0.4, -0.2) is 19.2 Å². The van der Waals surface area contributed by atoms with Gasteiger partial charge in [0.25, 0.3) is 0 Å². The number of hydrogen-bond acceptors (Lipinski definition) is 2. The van der Waals surface area contributed by atoms with E-state index in [2.05, 4.69) is 5.32 Å². The van der Waals surface area contributed by atoms with Crippen molar-refractivity contribution in [1.29, 1.82) is 0 Å². The Morgan fingerprint density at radius 2 is 1.85 bits per heavy atom. The van der Waals surface area contributed by atoms with Crippen molar-refractivity contribution >= 4 is 11.6 Å². The average Bonchev–Trinajstić information content (AvgIpc) is 2.47. The van der Waals surface area contributed by atoms with Gasteiger partial charge in [0.15, 0.2) is 0 Å². The summed E-state index contributed by atoms with van der Waals surface area (Å²) < 4.78 is 19.3. The molecule has 2 nitrogen and oxygen atoms in total. The van der Waals surface area contributed by atoms with Crippen molar-refractivity contribution < 1.29 is 9.13 Å². The topological polar surface area (TPSA) is 21.3 Å². The molecule has 1 aliphatic carbocycles. The highest BCUT2D eigenvalue weighted by molar-refractivity contribution is 6.30. The van der Waals surface area contributed by atoms with Gasteiger partial charge >= 0.3 is 0 Å². The lowest BCUT2D eigenvalue weighted by Gasteiger charge is -2.43. The highest BCUT2D eigenvalue weighted by Crippen LogP contribution is 2.44. The second-order valence-electron chi connectivity index (χ2n) is 6.14. The molecule has 20 heavy (non-hydrogen) atoms. The largest absolute Gasteiger partial charge is 0.490 e. The summed E-state index contributed by atoms with van der Waals surface area (Å²) in [5, 5.41) is 3.58. The zero-order valence-corrected chi connectivity index (χ0v) is 12.4. The van der Waals surface area contributed by atoms with Gasteiger partial charge in [-0.15, -0.1) is 0 Å².